The summed E-state index contributed by atoms with van der Waals surface area (Å²) in [6.07, 6.45) is 4.63. The molecule has 1 aliphatic carbocycles. The summed E-state index contributed by atoms with van der Waals surface area (Å²) in [4.78, 5) is 12.5. The summed E-state index contributed by atoms with van der Waals surface area (Å²) in [6.45, 7) is 0. The highest BCUT2D eigenvalue weighted by atomic mass is 79.9. The minimum atomic E-state index is 0.0999. The number of carbonyl (C=O) groups excluding carboxylic acids is 1. The summed E-state index contributed by atoms with van der Waals surface area (Å²) in [5.41, 5.74) is 3.20. The number of ketones is 1. The van der Waals surface area contributed by atoms with E-state index in [1.165, 1.54) is 5.56 Å². The van der Waals surface area contributed by atoms with Crippen LogP contribution >= 0.6 is 27.5 Å². The molecule has 1 nitrogen and oxygen atoms in total. The number of hydrogen-bond donors (Lipinski definition) is 0. The molecule has 2 aromatic rings. The molecule has 1 saturated carbocycles. The number of hydrogen-bond acceptors (Lipinski definition) is 1. The van der Waals surface area contributed by atoms with Crippen LogP contribution in [0.5, 0.6) is 0 Å². The monoisotopic (exact) mass is 374 g/mol. The van der Waals surface area contributed by atoms with Crippen molar-refractivity contribution in [2.75, 3.05) is 0 Å². The van der Waals surface area contributed by atoms with Crippen molar-refractivity contribution >= 4 is 39.4 Å². The highest BCUT2D eigenvalue weighted by molar-refractivity contribution is 9.10. The lowest BCUT2D eigenvalue weighted by atomic mass is 9.96. The minimum Gasteiger partial charge on any atom is -0.294 e. The Kier molecular flexibility index (Phi) is 4.80. The van der Waals surface area contributed by atoms with Gasteiger partial charge in [0.2, 0.25) is 0 Å². The van der Waals surface area contributed by atoms with E-state index in [-0.39, 0.29) is 11.7 Å². The maximum Gasteiger partial charge on any atom is 0.162 e. The summed E-state index contributed by atoms with van der Waals surface area (Å²) in [7, 11) is 0. The predicted octanol–water partition coefficient (Wildman–Crippen LogP) is 5.71. The van der Waals surface area contributed by atoms with E-state index in [4.69, 9.17) is 11.6 Å². The largest absolute Gasteiger partial charge is 0.294 e. The zero-order valence-electron chi connectivity index (χ0n) is 12.1. The fourth-order valence-corrected chi connectivity index (χ4v) is 3.24. The molecule has 0 saturated heterocycles. The first-order chi connectivity index (χ1) is 10.6. The lowest BCUT2D eigenvalue weighted by Gasteiger charge is -2.07. The molecule has 0 bridgehead atoms. The SMILES string of the molecule is O=C1/C(=C/c2ccc(Br)cc2)CCC1Cc1ccc(Cl)cc1. The van der Waals surface area contributed by atoms with Crippen LogP contribution in [0.15, 0.2) is 58.6 Å². The van der Waals surface area contributed by atoms with E-state index < -0.39 is 0 Å². The van der Waals surface area contributed by atoms with E-state index >= 15 is 0 Å². The van der Waals surface area contributed by atoms with E-state index in [0.29, 0.717) is 0 Å². The van der Waals surface area contributed by atoms with Crippen LogP contribution < -0.4 is 0 Å². The minimum absolute atomic E-state index is 0.0999. The molecule has 1 atom stereocenters. The molecule has 0 radical (unpaired) electrons. The van der Waals surface area contributed by atoms with Crippen LogP contribution in [0.3, 0.4) is 0 Å². The number of benzene rings is 2. The van der Waals surface area contributed by atoms with E-state index in [9.17, 15) is 4.79 Å². The van der Waals surface area contributed by atoms with E-state index in [0.717, 1.165) is 39.9 Å². The molecule has 1 fully saturated rings. The van der Waals surface area contributed by atoms with Gasteiger partial charge in [-0.25, -0.2) is 0 Å². The van der Waals surface area contributed by atoms with Gasteiger partial charge in [0.05, 0.1) is 0 Å². The Morgan fingerprint density at radius 1 is 1.09 bits per heavy atom. The molecule has 0 N–H and O–H groups in total. The van der Waals surface area contributed by atoms with Crippen molar-refractivity contribution in [1.82, 2.24) is 0 Å². The number of Topliss-reactive ketones (excluding diaryl/α,β-unsaturated/α-hetero) is 1. The van der Waals surface area contributed by atoms with Crippen molar-refractivity contribution in [3.8, 4) is 0 Å². The Balaban J connectivity index is 1.71. The second-order valence-corrected chi connectivity index (χ2v) is 7.00. The Morgan fingerprint density at radius 2 is 1.77 bits per heavy atom. The number of rotatable bonds is 3. The summed E-state index contributed by atoms with van der Waals surface area (Å²) in [5.74, 6) is 0.390. The van der Waals surface area contributed by atoms with Crippen molar-refractivity contribution < 1.29 is 4.79 Å². The molecule has 0 aromatic heterocycles. The average molecular weight is 376 g/mol. The van der Waals surface area contributed by atoms with Gasteiger partial charge in [-0.2, -0.15) is 0 Å². The average Bonchev–Trinajstić information content (AvgIpc) is 2.85. The van der Waals surface area contributed by atoms with Gasteiger partial charge in [-0.15, -0.1) is 0 Å². The van der Waals surface area contributed by atoms with Gasteiger partial charge in [0, 0.05) is 15.4 Å². The van der Waals surface area contributed by atoms with Crippen LogP contribution in [0.2, 0.25) is 5.02 Å². The van der Waals surface area contributed by atoms with Crippen LogP contribution in [0.1, 0.15) is 24.0 Å². The van der Waals surface area contributed by atoms with Crippen LogP contribution in [-0.4, -0.2) is 5.78 Å². The molecule has 1 aliphatic rings. The second-order valence-electron chi connectivity index (χ2n) is 5.65. The quantitative estimate of drug-likeness (QED) is 0.628. The summed E-state index contributed by atoms with van der Waals surface area (Å²) in [6, 6.07) is 15.8. The van der Waals surface area contributed by atoms with Crippen LogP contribution in [-0.2, 0) is 11.2 Å². The maximum absolute atomic E-state index is 12.5. The van der Waals surface area contributed by atoms with Crippen LogP contribution in [0.25, 0.3) is 6.08 Å². The van der Waals surface area contributed by atoms with Gasteiger partial charge in [-0.05, 0) is 66.3 Å². The maximum atomic E-state index is 12.5. The lowest BCUT2D eigenvalue weighted by Crippen LogP contribution is -2.10. The first-order valence-electron chi connectivity index (χ1n) is 7.36. The Bertz CT molecular complexity index is 701. The smallest absolute Gasteiger partial charge is 0.162 e. The predicted molar refractivity (Wildman–Crippen MR) is 95.0 cm³/mol. The van der Waals surface area contributed by atoms with Crippen molar-refractivity contribution in [2.24, 2.45) is 5.92 Å². The molecule has 1 unspecified atom stereocenters. The molecule has 112 valence electrons. The Morgan fingerprint density at radius 3 is 2.45 bits per heavy atom. The third-order valence-corrected chi connectivity index (χ3v) is 4.84. The lowest BCUT2D eigenvalue weighted by molar-refractivity contribution is -0.117. The van der Waals surface area contributed by atoms with Gasteiger partial charge >= 0.3 is 0 Å². The first-order valence-corrected chi connectivity index (χ1v) is 8.54. The van der Waals surface area contributed by atoms with E-state index in [1.807, 2.05) is 54.6 Å². The molecular formula is C19H16BrClO. The van der Waals surface area contributed by atoms with Gasteiger partial charge in [-0.3, -0.25) is 4.79 Å². The van der Waals surface area contributed by atoms with Crippen LogP contribution in [0.4, 0.5) is 0 Å². The molecule has 0 aliphatic heterocycles. The Hall–Kier alpha value is -1.38. The summed E-state index contributed by atoms with van der Waals surface area (Å²) < 4.78 is 1.05. The van der Waals surface area contributed by atoms with Crippen molar-refractivity contribution in [3.63, 3.8) is 0 Å². The zero-order valence-corrected chi connectivity index (χ0v) is 14.4. The highest BCUT2D eigenvalue weighted by Crippen LogP contribution is 2.31. The molecule has 22 heavy (non-hydrogen) atoms. The van der Waals surface area contributed by atoms with Gasteiger partial charge in [0.25, 0.3) is 0 Å². The number of halogens is 2. The van der Waals surface area contributed by atoms with Gasteiger partial charge < -0.3 is 0 Å². The number of allylic oxidation sites excluding steroid dienone is 1. The topological polar surface area (TPSA) is 17.1 Å². The first kappa shape index (κ1) is 15.5. The van der Waals surface area contributed by atoms with Crippen LogP contribution in [0, 0.1) is 5.92 Å². The number of carbonyl (C=O) groups is 1. The molecule has 0 spiro atoms. The fourth-order valence-electron chi connectivity index (χ4n) is 2.85. The standard InChI is InChI=1S/C19H16BrClO/c20-17-7-1-13(2-8-17)11-15-5-6-16(19(15)22)12-14-3-9-18(21)10-4-14/h1-4,7-11,16H,5-6,12H2/b15-11+. The van der Waals surface area contributed by atoms with Gasteiger partial charge in [0.1, 0.15) is 0 Å². The van der Waals surface area contributed by atoms with E-state index in [1.54, 1.807) is 0 Å². The Labute approximate surface area is 144 Å². The second kappa shape index (κ2) is 6.80. The third-order valence-electron chi connectivity index (χ3n) is 4.06. The van der Waals surface area contributed by atoms with Crippen molar-refractivity contribution in [2.45, 2.75) is 19.3 Å². The van der Waals surface area contributed by atoms with Gasteiger partial charge in [-0.1, -0.05) is 51.8 Å². The molecule has 3 rings (SSSR count). The fraction of sp³-hybridized carbons (Fsp3) is 0.211. The molecule has 2 aromatic carbocycles. The van der Waals surface area contributed by atoms with Gasteiger partial charge in [0.15, 0.2) is 5.78 Å². The zero-order chi connectivity index (χ0) is 15.5. The third kappa shape index (κ3) is 3.68. The highest BCUT2D eigenvalue weighted by Gasteiger charge is 2.29. The van der Waals surface area contributed by atoms with Crippen molar-refractivity contribution in [1.29, 1.82) is 0 Å². The van der Waals surface area contributed by atoms with Crippen molar-refractivity contribution in [3.05, 3.63) is 74.7 Å². The molecular weight excluding hydrogens is 360 g/mol. The normalized spacial score (nSPS) is 19.8. The molecule has 0 amide bonds. The summed E-state index contributed by atoms with van der Waals surface area (Å²) >= 11 is 9.33. The summed E-state index contributed by atoms with van der Waals surface area (Å²) in [5, 5.41) is 0.734. The molecule has 0 heterocycles. The van der Waals surface area contributed by atoms with E-state index in [2.05, 4.69) is 15.9 Å². The molecule has 3 heteroatoms.